The highest BCUT2D eigenvalue weighted by Crippen LogP contribution is 2.23. The molecular weight excluding hydrogens is 210 g/mol. The number of carbonyl (C=O) groups excluding carboxylic acids is 1. The van der Waals surface area contributed by atoms with E-state index in [9.17, 15) is 4.79 Å². The highest BCUT2D eigenvalue weighted by atomic mass is 32.1. The summed E-state index contributed by atoms with van der Waals surface area (Å²) in [5.41, 5.74) is 0.974. The van der Waals surface area contributed by atoms with Crippen molar-refractivity contribution in [1.29, 1.82) is 0 Å². The molecule has 2 heterocycles. The number of nitrogens with zero attached hydrogens (tertiary/aromatic N) is 3. The summed E-state index contributed by atoms with van der Waals surface area (Å²) in [6.07, 6.45) is 7.19. The molecule has 15 heavy (non-hydrogen) atoms. The lowest BCUT2D eigenvalue weighted by Crippen LogP contribution is -1.95. The Balaban J connectivity index is 2.24. The second-order valence-corrected chi connectivity index (χ2v) is 4.24. The molecule has 0 aliphatic carbocycles. The molecule has 0 amide bonds. The van der Waals surface area contributed by atoms with Crippen molar-refractivity contribution in [3.05, 3.63) is 23.5 Å². The second kappa shape index (κ2) is 4.35. The maximum atomic E-state index is 10.5. The topological polar surface area (TPSA) is 47.8 Å². The van der Waals surface area contributed by atoms with Gasteiger partial charge in [-0.3, -0.25) is 9.48 Å². The minimum absolute atomic E-state index is 0.647. The average molecular weight is 221 g/mol. The molecule has 0 N–H and O–H groups in total. The Bertz CT molecular complexity index is 461. The minimum Gasteiger partial charge on any atom is -0.297 e. The normalized spacial score (nSPS) is 10.5. The van der Waals surface area contributed by atoms with Gasteiger partial charge < -0.3 is 0 Å². The first kappa shape index (κ1) is 10.0. The van der Waals surface area contributed by atoms with E-state index < -0.39 is 0 Å². The molecule has 0 aliphatic heterocycles. The summed E-state index contributed by atoms with van der Waals surface area (Å²) in [5, 5.41) is 5.06. The predicted octanol–water partition coefficient (Wildman–Crippen LogP) is 2.23. The first-order chi connectivity index (χ1) is 7.33. The number of carbonyl (C=O) groups is 1. The average Bonchev–Trinajstić information content (AvgIpc) is 2.85. The van der Waals surface area contributed by atoms with Crippen molar-refractivity contribution >= 4 is 17.6 Å². The number of thiazole rings is 1. The Hall–Kier alpha value is -1.49. The van der Waals surface area contributed by atoms with Gasteiger partial charge in [-0.25, -0.2) is 4.98 Å². The Labute approximate surface area is 91.6 Å². The number of rotatable bonds is 4. The number of aryl methyl sites for hydroxylation is 1. The maximum Gasteiger partial charge on any atom is 0.161 e. The molecule has 0 saturated carbocycles. The third kappa shape index (κ3) is 2.12. The molecule has 4 nitrogen and oxygen atoms in total. The van der Waals surface area contributed by atoms with E-state index in [0.29, 0.717) is 4.88 Å². The molecule has 2 rings (SSSR count). The fourth-order valence-electron chi connectivity index (χ4n) is 1.30. The molecule has 0 aromatic carbocycles. The van der Waals surface area contributed by atoms with Crippen molar-refractivity contribution in [2.24, 2.45) is 0 Å². The van der Waals surface area contributed by atoms with Crippen molar-refractivity contribution in [2.45, 2.75) is 19.9 Å². The van der Waals surface area contributed by atoms with Crippen LogP contribution >= 0.6 is 11.3 Å². The van der Waals surface area contributed by atoms with E-state index >= 15 is 0 Å². The maximum absolute atomic E-state index is 10.5. The van der Waals surface area contributed by atoms with Crippen LogP contribution in [0.1, 0.15) is 23.0 Å². The van der Waals surface area contributed by atoms with Crippen molar-refractivity contribution in [3.8, 4) is 10.6 Å². The molecule has 2 aromatic rings. The van der Waals surface area contributed by atoms with Crippen LogP contribution in [0.4, 0.5) is 0 Å². The van der Waals surface area contributed by atoms with Crippen LogP contribution in [0.2, 0.25) is 0 Å². The van der Waals surface area contributed by atoms with E-state index in [2.05, 4.69) is 17.0 Å². The van der Waals surface area contributed by atoms with Gasteiger partial charge in [0.15, 0.2) is 6.29 Å². The highest BCUT2D eigenvalue weighted by Gasteiger charge is 2.06. The Morgan fingerprint density at radius 3 is 3.07 bits per heavy atom. The van der Waals surface area contributed by atoms with Crippen LogP contribution in [0, 0.1) is 0 Å². The van der Waals surface area contributed by atoms with Crippen LogP contribution in [-0.2, 0) is 6.54 Å². The van der Waals surface area contributed by atoms with E-state index in [4.69, 9.17) is 0 Å². The molecule has 5 heteroatoms. The number of hydrogen-bond donors (Lipinski definition) is 0. The van der Waals surface area contributed by atoms with Gasteiger partial charge in [0.2, 0.25) is 0 Å². The van der Waals surface area contributed by atoms with Gasteiger partial charge in [-0.2, -0.15) is 5.10 Å². The number of aromatic nitrogens is 3. The second-order valence-electron chi connectivity index (χ2n) is 3.18. The van der Waals surface area contributed by atoms with Crippen LogP contribution < -0.4 is 0 Å². The predicted molar refractivity (Wildman–Crippen MR) is 59.0 cm³/mol. The van der Waals surface area contributed by atoms with Crippen molar-refractivity contribution in [2.75, 3.05) is 0 Å². The SMILES string of the molecule is CCCn1cc(-c2ncc(C=O)s2)cn1. The molecule has 78 valence electrons. The molecule has 0 aliphatic rings. The van der Waals surface area contributed by atoms with Crippen LogP contribution in [-0.4, -0.2) is 21.1 Å². The van der Waals surface area contributed by atoms with E-state index in [-0.39, 0.29) is 0 Å². The minimum atomic E-state index is 0.647. The van der Waals surface area contributed by atoms with Crippen LogP contribution in [0.25, 0.3) is 10.6 Å². The lowest BCUT2D eigenvalue weighted by molar-refractivity contribution is 0.112. The smallest absolute Gasteiger partial charge is 0.161 e. The first-order valence-electron chi connectivity index (χ1n) is 4.77. The van der Waals surface area contributed by atoms with E-state index in [1.165, 1.54) is 11.3 Å². The molecule has 0 radical (unpaired) electrons. The first-order valence-corrected chi connectivity index (χ1v) is 5.59. The van der Waals surface area contributed by atoms with Gasteiger partial charge in [0.05, 0.1) is 11.1 Å². The Kier molecular flexibility index (Phi) is 2.91. The van der Waals surface area contributed by atoms with Crippen molar-refractivity contribution < 1.29 is 4.79 Å². The molecule has 2 aromatic heterocycles. The van der Waals surface area contributed by atoms with Gasteiger partial charge in [-0.15, -0.1) is 11.3 Å². The van der Waals surface area contributed by atoms with Crippen LogP contribution in [0.5, 0.6) is 0 Å². The van der Waals surface area contributed by atoms with Gasteiger partial charge in [0.25, 0.3) is 0 Å². The Morgan fingerprint density at radius 1 is 1.53 bits per heavy atom. The Morgan fingerprint density at radius 2 is 2.40 bits per heavy atom. The van der Waals surface area contributed by atoms with Crippen LogP contribution in [0.3, 0.4) is 0 Å². The molecule has 0 atom stereocenters. The summed E-state index contributed by atoms with van der Waals surface area (Å²) in [5.74, 6) is 0. The van der Waals surface area contributed by atoms with E-state index in [0.717, 1.165) is 29.8 Å². The lowest BCUT2D eigenvalue weighted by Gasteiger charge is -1.94. The zero-order valence-electron chi connectivity index (χ0n) is 8.38. The molecule has 0 spiro atoms. The molecule has 0 unspecified atom stereocenters. The fraction of sp³-hybridized carbons (Fsp3) is 0.300. The summed E-state index contributed by atoms with van der Waals surface area (Å²) in [6, 6.07) is 0. The fourth-order valence-corrected chi connectivity index (χ4v) is 2.01. The number of aldehydes is 1. The molecule has 0 saturated heterocycles. The van der Waals surface area contributed by atoms with Crippen molar-refractivity contribution in [1.82, 2.24) is 14.8 Å². The highest BCUT2D eigenvalue weighted by molar-refractivity contribution is 7.16. The molecular formula is C10H11N3OS. The molecule has 0 fully saturated rings. The van der Waals surface area contributed by atoms with E-state index in [1.807, 2.05) is 10.9 Å². The summed E-state index contributed by atoms with van der Waals surface area (Å²) in [7, 11) is 0. The lowest BCUT2D eigenvalue weighted by atomic mass is 10.4. The van der Waals surface area contributed by atoms with Gasteiger partial charge in [0.1, 0.15) is 5.01 Å². The van der Waals surface area contributed by atoms with Gasteiger partial charge in [0, 0.05) is 24.5 Å². The van der Waals surface area contributed by atoms with Crippen LogP contribution in [0.15, 0.2) is 18.6 Å². The molecule has 0 bridgehead atoms. The van der Waals surface area contributed by atoms with E-state index in [1.54, 1.807) is 12.4 Å². The monoisotopic (exact) mass is 221 g/mol. The summed E-state index contributed by atoms with van der Waals surface area (Å²) in [6.45, 7) is 3.02. The van der Waals surface area contributed by atoms with Gasteiger partial charge >= 0.3 is 0 Å². The van der Waals surface area contributed by atoms with Gasteiger partial charge in [-0.1, -0.05) is 6.92 Å². The third-order valence-corrected chi connectivity index (χ3v) is 2.94. The largest absolute Gasteiger partial charge is 0.297 e. The number of hydrogen-bond acceptors (Lipinski definition) is 4. The third-order valence-electron chi connectivity index (χ3n) is 1.97. The summed E-state index contributed by atoms with van der Waals surface area (Å²) in [4.78, 5) is 15.3. The zero-order chi connectivity index (χ0) is 10.7. The summed E-state index contributed by atoms with van der Waals surface area (Å²) >= 11 is 1.38. The summed E-state index contributed by atoms with van der Waals surface area (Å²) < 4.78 is 1.89. The standard InChI is InChI=1S/C10H11N3OS/c1-2-3-13-6-8(4-12-13)10-11-5-9(7-14)15-10/h4-7H,2-3H2,1H3. The quantitative estimate of drug-likeness (QED) is 0.744. The van der Waals surface area contributed by atoms with Crippen molar-refractivity contribution in [3.63, 3.8) is 0 Å². The zero-order valence-corrected chi connectivity index (χ0v) is 9.20. The van der Waals surface area contributed by atoms with Gasteiger partial charge in [-0.05, 0) is 6.42 Å².